The van der Waals surface area contributed by atoms with E-state index in [9.17, 15) is 76.7 Å². The molecule has 0 aliphatic carbocycles. The molecule has 1 heterocycles. The molecule has 1 aliphatic rings. The largest absolute Gasteiger partial charge is 0.479 e. The van der Waals surface area contributed by atoms with Crippen LogP contribution in [0.25, 0.3) is 0 Å². The van der Waals surface area contributed by atoms with Crippen LogP contribution >= 0.6 is 0 Å². The number of aliphatic hydroxyl groups is 5. The van der Waals surface area contributed by atoms with Gasteiger partial charge in [-0.2, -0.15) is 0 Å². The highest BCUT2D eigenvalue weighted by Gasteiger charge is 2.33. The molecule has 0 unspecified atom stereocenters. The first kappa shape index (κ1) is 89.1. The van der Waals surface area contributed by atoms with Crippen LogP contribution in [0.3, 0.4) is 0 Å². The number of carboxylic acid groups (broad SMARTS) is 2. The fraction of sp³-hybridized carbons (Fsp3) is 0.686. The number of carbonyl (C=O) groups excluding carboxylic acids is 14. The van der Waals surface area contributed by atoms with Crippen molar-refractivity contribution in [2.24, 2.45) is 0 Å². The first-order chi connectivity index (χ1) is 38.6. The van der Waals surface area contributed by atoms with Crippen molar-refractivity contribution in [3.05, 3.63) is 0 Å². The van der Waals surface area contributed by atoms with E-state index in [1.807, 2.05) is 0 Å². The minimum Gasteiger partial charge on any atom is -0.479 e. The fourth-order valence-corrected chi connectivity index (χ4v) is 3.61. The molecule has 1 rings (SSSR count). The molecule has 0 aromatic carbocycles. The van der Waals surface area contributed by atoms with Crippen molar-refractivity contribution in [3.63, 3.8) is 0 Å². The van der Waals surface area contributed by atoms with Crippen LogP contribution in [0.5, 0.6) is 0 Å². The van der Waals surface area contributed by atoms with Crippen molar-refractivity contribution < 1.29 is 170 Å². The number of ketones is 3. The molecule has 1 fully saturated rings. The Bertz CT molecular complexity index is 2040. The van der Waals surface area contributed by atoms with E-state index in [0.29, 0.717) is 0 Å². The summed E-state index contributed by atoms with van der Waals surface area (Å²) in [5, 5.41) is 58.4. The van der Waals surface area contributed by atoms with Crippen LogP contribution < -0.4 is 0 Å². The molecule has 496 valence electrons. The number of hydrogen-bond acceptors (Lipinski definition) is 32. The number of rotatable bonds is 23. The predicted octanol–water partition coefficient (Wildman–Crippen LogP) is -2.80. The van der Waals surface area contributed by atoms with E-state index in [0.717, 1.165) is 0 Å². The smallest absolute Gasteiger partial charge is 0.347 e. The molecule has 0 radical (unpaired) electrons. The molecule has 0 aromatic heterocycles. The number of esters is 11. The van der Waals surface area contributed by atoms with Gasteiger partial charge in [0.25, 0.3) is 0 Å². The van der Waals surface area contributed by atoms with Gasteiger partial charge in [0.05, 0.1) is 0 Å². The summed E-state index contributed by atoms with van der Waals surface area (Å²) in [6.07, 6.45) is -18.5. The van der Waals surface area contributed by atoms with Crippen LogP contribution in [0.1, 0.15) is 132 Å². The standard InChI is InChI=1S/3C13H20O8.C6H8O4.2C3H6O3.H2O/c3*1-6(14)8(3)19-12(17)10(5)21-13(18)9(4)20-11(16)7(2)15;1-3-5(7)10-4(2)6(8)9-3;2*1-2(4)3(5)6;/h3*7-10,15H,1-5H3;3-4H,1-2H3;2*2,4H,1H3,(H,5,6);1H2/t3*7-,8+,9+,10-;3-,4+;2*2-;/m111.10./s1. The summed E-state index contributed by atoms with van der Waals surface area (Å²) >= 11 is 0. The summed E-state index contributed by atoms with van der Waals surface area (Å²) < 4.78 is 51.5. The van der Waals surface area contributed by atoms with E-state index < -0.39 is 175 Å². The van der Waals surface area contributed by atoms with Gasteiger partial charge >= 0.3 is 77.6 Å². The van der Waals surface area contributed by atoms with E-state index in [2.05, 4.69) is 23.7 Å². The van der Waals surface area contributed by atoms with Gasteiger partial charge in [0, 0.05) is 0 Å². The number of carboxylic acids is 2. The Kier molecular flexibility index (Phi) is 46.9. The summed E-state index contributed by atoms with van der Waals surface area (Å²) in [5.74, 6) is -12.9. The van der Waals surface area contributed by atoms with Crippen molar-refractivity contribution in [3.8, 4) is 0 Å². The lowest BCUT2D eigenvalue weighted by atomic mass is 10.3. The van der Waals surface area contributed by atoms with Gasteiger partial charge < -0.3 is 93.3 Å². The van der Waals surface area contributed by atoms with Gasteiger partial charge in [0.1, 0.15) is 30.5 Å². The van der Waals surface area contributed by atoms with Crippen molar-refractivity contribution >= 4 is 95.0 Å². The van der Waals surface area contributed by atoms with Gasteiger partial charge in [0.15, 0.2) is 84.5 Å². The second-order valence-corrected chi connectivity index (χ2v) is 17.8. The molecule has 35 heteroatoms. The minimum atomic E-state index is -1.38. The van der Waals surface area contributed by atoms with Gasteiger partial charge in [-0.25, -0.2) is 62.3 Å². The highest BCUT2D eigenvalue weighted by atomic mass is 16.7. The van der Waals surface area contributed by atoms with Crippen LogP contribution in [-0.4, -0.2) is 234 Å². The molecule has 35 nitrogen and oxygen atoms in total. The number of aliphatic hydroxyl groups excluding tert-OH is 5. The number of aliphatic carboxylic acids is 2. The van der Waals surface area contributed by atoms with Crippen molar-refractivity contribution in [1.29, 1.82) is 0 Å². The maximum Gasteiger partial charge on any atom is 0.347 e. The highest BCUT2D eigenvalue weighted by Crippen LogP contribution is 2.10. The van der Waals surface area contributed by atoms with Crippen LogP contribution in [0.15, 0.2) is 0 Å². The topological polar surface area (TPSA) is 548 Å². The molecular weight excluding hydrogens is 1170 g/mol. The second-order valence-electron chi connectivity index (χ2n) is 17.8. The molecule has 1 aliphatic heterocycles. The Morgan fingerprint density at radius 3 is 0.547 bits per heavy atom. The zero-order valence-corrected chi connectivity index (χ0v) is 50.9. The van der Waals surface area contributed by atoms with E-state index in [1.165, 1.54) is 132 Å². The quantitative estimate of drug-likeness (QED) is 0.0401. The lowest BCUT2D eigenvalue weighted by Gasteiger charge is -2.22. The number of ether oxygens (including phenoxy) is 11. The third-order valence-electron chi connectivity index (χ3n) is 9.33. The minimum absolute atomic E-state index is 0. The maximum atomic E-state index is 11.6. The molecule has 0 bridgehead atoms. The third-order valence-corrected chi connectivity index (χ3v) is 9.33. The van der Waals surface area contributed by atoms with Crippen molar-refractivity contribution in [2.45, 2.75) is 229 Å². The Balaban J connectivity index is -0.000000236. The molecule has 86 heavy (non-hydrogen) atoms. The Morgan fingerprint density at radius 1 is 0.302 bits per heavy atom. The van der Waals surface area contributed by atoms with Crippen molar-refractivity contribution in [2.75, 3.05) is 0 Å². The number of hydrogen-bond donors (Lipinski definition) is 7. The van der Waals surface area contributed by atoms with Gasteiger partial charge in [-0.05, 0) is 132 Å². The van der Waals surface area contributed by atoms with Crippen LogP contribution in [-0.2, 0) is 129 Å². The summed E-state index contributed by atoms with van der Waals surface area (Å²) in [5.41, 5.74) is 0. The van der Waals surface area contributed by atoms with Crippen LogP contribution in [0, 0.1) is 0 Å². The third kappa shape index (κ3) is 42.6. The van der Waals surface area contributed by atoms with E-state index in [1.54, 1.807) is 0 Å². The maximum absolute atomic E-state index is 11.6. The summed E-state index contributed by atoms with van der Waals surface area (Å²) in [7, 11) is 0. The molecule has 0 amide bonds. The van der Waals surface area contributed by atoms with Crippen LogP contribution in [0.4, 0.5) is 0 Å². The monoisotopic (exact) mass is 1250 g/mol. The molecule has 9 N–H and O–H groups in total. The second kappa shape index (κ2) is 45.3. The summed E-state index contributed by atoms with van der Waals surface area (Å²) in [4.78, 5) is 176. The first-order valence-corrected chi connectivity index (χ1v) is 25.2. The number of carbonyl (C=O) groups is 16. The molecule has 0 saturated carbocycles. The lowest BCUT2D eigenvalue weighted by molar-refractivity contribution is -0.191. The lowest BCUT2D eigenvalue weighted by Crippen LogP contribution is -2.40. The normalized spacial score (nSPS) is 17.5. The van der Waals surface area contributed by atoms with E-state index >= 15 is 0 Å². The fourth-order valence-electron chi connectivity index (χ4n) is 3.61. The molecule has 1 saturated heterocycles. The van der Waals surface area contributed by atoms with Crippen LogP contribution in [0.2, 0.25) is 0 Å². The summed E-state index contributed by atoms with van der Waals surface area (Å²) in [6.45, 7) is 24.3. The van der Waals surface area contributed by atoms with Crippen molar-refractivity contribution in [1.82, 2.24) is 0 Å². The van der Waals surface area contributed by atoms with Gasteiger partial charge in [-0.15, -0.1) is 0 Å². The zero-order valence-electron chi connectivity index (χ0n) is 50.9. The molecule has 0 spiro atoms. The average Bonchev–Trinajstić information content (AvgIpc) is 3.56. The predicted molar refractivity (Wildman–Crippen MR) is 280 cm³/mol. The highest BCUT2D eigenvalue weighted by molar-refractivity contribution is 5.89. The number of cyclic esters (lactones) is 2. The number of Topliss-reactive ketones (excluding diaryl/α,β-unsaturated/α-hetero) is 3. The van der Waals surface area contributed by atoms with Gasteiger partial charge in [-0.3, -0.25) is 14.4 Å². The molecule has 0 aromatic rings. The SMILES string of the molecule is CC(=O)[C@H](C)OC(=O)[C@@H](C)OC(=O)[C@H](C)OC(=O)[C@@H](C)O.CC(=O)[C@H](C)OC(=O)[C@@H](C)OC(=O)[C@H](C)OC(=O)[C@@H](C)O.CC(=O)[C@H](C)OC(=O)[C@@H](C)OC(=O)[C@H](C)OC(=O)[C@@H](C)O.C[C@@H](O)C(=O)O.C[C@@H]1OC(=O)[C@@H](C)OC1=O.C[C@H](O)C(=O)O.O. The Hall–Kier alpha value is -8.12. The van der Waals surface area contributed by atoms with Gasteiger partial charge in [-0.1, -0.05) is 0 Å². The zero-order chi connectivity index (χ0) is 68.3. The van der Waals surface area contributed by atoms with E-state index in [-0.39, 0.29) is 22.8 Å². The average molecular weight is 1260 g/mol. The molecular formula is C51H82O35. The first-order valence-electron chi connectivity index (χ1n) is 25.2. The summed E-state index contributed by atoms with van der Waals surface area (Å²) in [6, 6.07) is 0. The Labute approximate surface area is 493 Å². The van der Waals surface area contributed by atoms with E-state index in [4.69, 9.17) is 64.2 Å². The molecule has 16 atom stereocenters. The Morgan fingerprint density at radius 2 is 0.430 bits per heavy atom. The van der Waals surface area contributed by atoms with Gasteiger partial charge in [0.2, 0.25) is 0 Å².